The maximum absolute atomic E-state index is 6.72. The van der Waals surface area contributed by atoms with Gasteiger partial charge in [-0.05, 0) is 91.0 Å². The number of para-hydroxylation sites is 4. The van der Waals surface area contributed by atoms with E-state index >= 15 is 0 Å². The summed E-state index contributed by atoms with van der Waals surface area (Å²) in [5.41, 5.74) is 24.8. The molecule has 0 aliphatic rings. The molecule has 0 saturated heterocycles. The summed E-state index contributed by atoms with van der Waals surface area (Å²) in [5.74, 6) is 3.83. The Kier molecular flexibility index (Phi) is 20.6. The molecule has 148 heavy (non-hydrogen) atoms. The number of hydrogen-bond donors (Lipinski definition) is 0. The summed E-state index contributed by atoms with van der Waals surface area (Å²) >= 11 is 7.12. The first-order valence-electron chi connectivity index (χ1n) is 48.7. The zero-order valence-corrected chi connectivity index (χ0v) is 81.8. The highest BCUT2D eigenvalue weighted by molar-refractivity contribution is 7.28. The minimum atomic E-state index is 0.532. The van der Waals surface area contributed by atoms with E-state index in [1.807, 2.05) is 168 Å². The second-order valence-electron chi connectivity index (χ2n) is 36.2. The largest absolute Gasteiger partial charge is 0.438 e. The van der Waals surface area contributed by atoms with Crippen molar-refractivity contribution in [2.75, 3.05) is 0 Å². The minimum Gasteiger partial charge on any atom is -0.438 e. The van der Waals surface area contributed by atoms with Crippen LogP contribution < -0.4 is 0 Å². The van der Waals surface area contributed by atoms with E-state index in [2.05, 4.69) is 311 Å². The predicted molar refractivity (Wildman–Crippen MR) is 610 cm³/mol. The molecule has 0 aliphatic heterocycles. The first-order chi connectivity index (χ1) is 73.4. The molecule has 0 radical (unpaired) electrons. The number of fused-ring (bicyclic) bond motifs is 28. The predicted octanol–water partition coefficient (Wildman–Crippen LogP) is 35.5. The number of benzene rings is 16. The third-order valence-corrected chi connectivity index (χ3v) is 32.1. The summed E-state index contributed by atoms with van der Waals surface area (Å²) in [6, 6.07) is 158. The van der Waals surface area contributed by atoms with Crippen LogP contribution in [0.4, 0.5) is 0 Å². The molecule has 20 heteroatoms. The van der Waals surface area contributed by atoms with Gasteiger partial charge >= 0.3 is 0 Å². The molecule has 32 aromatic rings. The Morgan fingerprint density at radius 1 is 0.176 bits per heavy atom. The summed E-state index contributed by atoms with van der Waals surface area (Å²) in [4.78, 5) is 40.1. The number of hydrogen-bond acceptors (Lipinski definition) is 16. The Balaban J connectivity index is 0.0000000930. The molecule has 0 fully saturated rings. The van der Waals surface area contributed by atoms with Crippen LogP contribution in [0.15, 0.2) is 479 Å². The molecular formula is C128H76N12O4S4. The van der Waals surface area contributed by atoms with Crippen molar-refractivity contribution in [1.82, 2.24) is 58.1 Å². The van der Waals surface area contributed by atoms with Crippen molar-refractivity contribution in [3.63, 3.8) is 0 Å². The van der Waals surface area contributed by atoms with Crippen LogP contribution in [-0.2, 0) is 0 Å². The quantitative estimate of drug-likeness (QED) is 0.113. The molecule has 0 aliphatic carbocycles. The summed E-state index contributed by atoms with van der Waals surface area (Å²) in [6.45, 7) is 0. The fourth-order valence-corrected chi connectivity index (χ4v) is 25.4. The van der Waals surface area contributed by atoms with E-state index in [4.69, 9.17) is 57.5 Å². The second-order valence-corrected chi connectivity index (χ2v) is 40.5. The van der Waals surface area contributed by atoms with Crippen LogP contribution in [0.25, 0.3) is 283 Å². The minimum absolute atomic E-state index is 0.532. The first kappa shape index (κ1) is 85.8. The van der Waals surface area contributed by atoms with Gasteiger partial charge in [-0.3, -0.25) is 9.13 Å². The maximum Gasteiger partial charge on any atom is 0.241 e. The number of rotatable bonds is 12. The fraction of sp³-hybridized carbons (Fsp3) is 0. The van der Waals surface area contributed by atoms with Crippen molar-refractivity contribution in [3.05, 3.63) is 461 Å². The average Bonchev–Trinajstić information content (AvgIpc) is 1.56. The lowest BCUT2D eigenvalue weighted by molar-refractivity contribution is 0.644. The number of nitrogens with zero attached hydrogens (tertiary/aromatic N) is 12. The third kappa shape index (κ3) is 14.5. The van der Waals surface area contributed by atoms with Gasteiger partial charge in [0, 0.05) is 112 Å². The van der Waals surface area contributed by atoms with Crippen molar-refractivity contribution in [3.8, 4) is 114 Å². The zero-order chi connectivity index (χ0) is 97.4. The van der Waals surface area contributed by atoms with Gasteiger partial charge in [0.2, 0.25) is 34.8 Å². The van der Waals surface area contributed by atoms with Crippen molar-refractivity contribution in [2.45, 2.75) is 0 Å². The van der Waals surface area contributed by atoms with Gasteiger partial charge in [-0.2, -0.15) is 9.97 Å². The van der Waals surface area contributed by atoms with E-state index in [-0.39, 0.29) is 0 Å². The Bertz CT molecular complexity index is 9330. The molecule has 0 unspecified atom stereocenters. The molecule has 16 aromatic carbocycles. The molecule has 0 bridgehead atoms. The molecule has 0 spiro atoms. The highest BCUT2D eigenvalue weighted by Gasteiger charge is 2.31. The van der Waals surface area contributed by atoms with E-state index in [0.29, 0.717) is 29.4 Å². The van der Waals surface area contributed by atoms with Gasteiger partial charge in [0.15, 0.2) is 39.8 Å². The normalized spacial score (nSPS) is 11.8. The maximum atomic E-state index is 6.72. The number of aromatic nitrogens is 12. The van der Waals surface area contributed by atoms with Gasteiger partial charge in [0.1, 0.15) is 5.82 Å². The summed E-state index contributed by atoms with van der Waals surface area (Å²) < 4.78 is 44.8. The molecular weight excluding hydrogens is 1900 g/mol. The topological polar surface area (TPSA) is 175 Å². The Morgan fingerprint density at radius 3 is 0.736 bits per heavy atom. The van der Waals surface area contributed by atoms with Crippen molar-refractivity contribution < 1.29 is 17.7 Å². The van der Waals surface area contributed by atoms with Gasteiger partial charge in [-0.15, -0.1) is 45.3 Å². The molecule has 16 aromatic heterocycles. The van der Waals surface area contributed by atoms with E-state index in [0.717, 1.165) is 210 Å². The second kappa shape index (κ2) is 35.6. The highest BCUT2D eigenvalue weighted by atomic mass is 32.1. The van der Waals surface area contributed by atoms with Crippen LogP contribution in [0.2, 0.25) is 0 Å². The van der Waals surface area contributed by atoms with Crippen LogP contribution in [0.3, 0.4) is 0 Å². The van der Waals surface area contributed by atoms with Crippen molar-refractivity contribution >= 4 is 215 Å². The lowest BCUT2D eigenvalue weighted by atomic mass is 10.1. The smallest absolute Gasteiger partial charge is 0.241 e. The zero-order valence-electron chi connectivity index (χ0n) is 78.5. The van der Waals surface area contributed by atoms with Crippen LogP contribution in [0, 0.1) is 0 Å². The molecule has 0 amide bonds. The molecule has 0 atom stereocenters. The van der Waals surface area contributed by atoms with Gasteiger partial charge < -0.3 is 17.7 Å². The summed E-state index contributed by atoms with van der Waals surface area (Å²) in [5, 5.41) is 13.7. The molecule has 0 N–H and O–H groups in total. The first-order valence-corrected chi connectivity index (χ1v) is 52.0. The number of furan rings is 4. The van der Waals surface area contributed by atoms with Gasteiger partial charge in [0.25, 0.3) is 0 Å². The van der Waals surface area contributed by atoms with Crippen LogP contribution in [0.5, 0.6) is 0 Å². The SMILES string of the molecule is c1ccc(-c2cc(-c3ccccc3)nc(-n3c4ccccc4c4c5sc6ccccc6c5oc43)n2)cc1.c1ccc(-c2cc(-n3c4ccccc4c4c5sc6ccccc6c5oc43)cc(-c3ccccc3)n2)cc1.c1ccc(-c2cc(-n3c4ccccc4c4c5sc6ccccc6c5oc43)nc(-c3ccccc3)n2)cc1.c1ccc(-c2nc(-c3ccccc3)nc(-n3c4ccccc4c4c5sc6ccccc6c5oc43)n2)cc1. The molecule has 696 valence electrons. The Hall–Kier alpha value is -19.0. The summed E-state index contributed by atoms with van der Waals surface area (Å²) in [7, 11) is 0. The highest BCUT2D eigenvalue weighted by Crippen LogP contribution is 2.52. The Morgan fingerprint density at radius 2 is 0.412 bits per heavy atom. The lowest BCUT2D eigenvalue weighted by Crippen LogP contribution is -2.06. The number of thiophene rings is 4. The van der Waals surface area contributed by atoms with Crippen molar-refractivity contribution in [2.24, 2.45) is 0 Å². The van der Waals surface area contributed by atoms with Crippen molar-refractivity contribution in [1.29, 1.82) is 0 Å². The number of pyridine rings is 1. The van der Waals surface area contributed by atoms with E-state index in [1.165, 1.54) is 44.4 Å². The van der Waals surface area contributed by atoms with E-state index in [9.17, 15) is 0 Å². The van der Waals surface area contributed by atoms with E-state index < -0.39 is 0 Å². The Labute approximate surface area is 858 Å². The molecule has 0 saturated carbocycles. The van der Waals surface area contributed by atoms with E-state index in [1.54, 1.807) is 45.3 Å². The van der Waals surface area contributed by atoms with Crippen LogP contribution >= 0.6 is 45.3 Å². The summed E-state index contributed by atoms with van der Waals surface area (Å²) in [6.07, 6.45) is 0. The molecule has 16 heterocycles. The average molecular weight is 1970 g/mol. The monoisotopic (exact) mass is 1970 g/mol. The van der Waals surface area contributed by atoms with Gasteiger partial charge in [-0.25, -0.2) is 39.0 Å². The van der Waals surface area contributed by atoms with Gasteiger partial charge in [0.05, 0.1) is 96.6 Å². The van der Waals surface area contributed by atoms with Gasteiger partial charge in [-0.1, -0.05) is 364 Å². The molecule has 32 rings (SSSR count). The standard InChI is InChI=1S/C33H20N2OS.2C32H19N3OS.C31H18N4OS/c1-3-11-21(12-4-1)26-19-23(20-27(34-26)22-13-5-2-6-14-22)35-28-17-9-7-15-24(28)30-32-31(36-33(30)35)25-16-8-10-18-29(25)37-32;1-3-11-20(12-4-1)24-19-25(21-13-5-2-6-14-21)34-32(33-24)35-26-17-9-7-15-22(26)28-30-29(36-31(28)35)23-16-8-10-18-27(23)37-30;1-3-11-20(12-4-1)24-19-27(34-31(33-24)21-13-5-2-6-14-21)35-25-17-9-7-15-22(25)28-30-29(36-32(28)35)23-16-8-10-18-26(23)37-30;1-3-11-19(12-4-1)28-32-29(20-13-5-2-6-14-20)34-31(33-28)35-23-17-9-7-15-21(23)25-27-26(36-30(25)35)22-16-8-10-18-24(22)37-27/h1-20H;2*1-19H;1-18H. The third-order valence-electron chi connectivity index (χ3n) is 27.4. The fourth-order valence-electron chi connectivity index (χ4n) is 20.7. The van der Waals surface area contributed by atoms with Crippen LogP contribution in [-0.4, -0.2) is 58.1 Å². The lowest BCUT2D eigenvalue weighted by Gasteiger charge is -2.12. The van der Waals surface area contributed by atoms with Crippen LogP contribution in [0.1, 0.15) is 0 Å². The molecule has 16 nitrogen and oxygen atoms in total.